The van der Waals surface area contributed by atoms with Crippen molar-refractivity contribution in [1.29, 1.82) is 0 Å². The number of aliphatic imine (C=N–C) groups is 1. The van der Waals surface area contributed by atoms with Gasteiger partial charge in [-0.3, -0.25) is 4.99 Å². The quantitative estimate of drug-likeness (QED) is 0.634. The Bertz CT molecular complexity index is 678. The second-order valence-electron chi connectivity index (χ2n) is 5.26. The van der Waals surface area contributed by atoms with Crippen LogP contribution in [-0.4, -0.2) is 26.1 Å². The summed E-state index contributed by atoms with van der Waals surface area (Å²) >= 11 is 3.10. The molecular weight excluding hydrogens is 318 g/mol. The predicted molar refractivity (Wildman–Crippen MR) is 94.2 cm³/mol. The molecule has 0 aliphatic carbocycles. The zero-order chi connectivity index (χ0) is 16.3. The van der Waals surface area contributed by atoms with E-state index in [9.17, 15) is 4.79 Å². The third-order valence-electron chi connectivity index (χ3n) is 3.28. The summed E-state index contributed by atoms with van der Waals surface area (Å²) in [7, 11) is 0. The first kappa shape index (κ1) is 16.7. The number of rotatable bonds is 4. The van der Waals surface area contributed by atoms with Gasteiger partial charge in [0.1, 0.15) is 9.95 Å². The van der Waals surface area contributed by atoms with Crippen molar-refractivity contribution in [2.45, 2.75) is 25.1 Å². The van der Waals surface area contributed by atoms with Crippen molar-refractivity contribution < 1.29 is 15.0 Å². The van der Waals surface area contributed by atoms with Gasteiger partial charge in [-0.2, -0.15) is 0 Å². The number of hydrogen-bond donors (Lipinski definition) is 2. The Kier molecular flexibility index (Phi) is 5.03. The molecular formula is C16H17NO3S2. The summed E-state index contributed by atoms with van der Waals surface area (Å²) in [5.41, 5.74) is 0.992. The normalized spacial score (nSPS) is 17.5. The number of carboxylic acid groups (broad SMARTS) is 1. The van der Waals surface area contributed by atoms with E-state index >= 15 is 0 Å². The molecule has 0 amide bonds. The summed E-state index contributed by atoms with van der Waals surface area (Å²) in [6.45, 7) is 8.04. The van der Waals surface area contributed by atoms with Crippen LogP contribution in [0.4, 0.5) is 0 Å². The standard InChI is InChI=1S/C16H17NO3S2/c1-10-16(2,3)17-15(22-10)21-9-11-6-4-5-7-12(11)13(8-18)14(19)20/h4-8,18H,1,9H2,2-3H3,(H,19,20). The van der Waals surface area contributed by atoms with Gasteiger partial charge in [-0.1, -0.05) is 54.4 Å². The number of hydrogen-bond acceptors (Lipinski definition) is 5. The molecule has 0 bridgehead atoms. The minimum Gasteiger partial charge on any atom is -0.515 e. The molecule has 0 fully saturated rings. The number of benzene rings is 1. The smallest absolute Gasteiger partial charge is 0.339 e. The van der Waals surface area contributed by atoms with Gasteiger partial charge in [0.25, 0.3) is 0 Å². The van der Waals surface area contributed by atoms with Crippen LogP contribution < -0.4 is 0 Å². The monoisotopic (exact) mass is 335 g/mol. The van der Waals surface area contributed by atoms with E-state index in [0.29, 0.717) is 17.6 Å². The maximum atomic E-state index is 11.2. The SMILES string of the molecule is C=C1SC(SCc2ccccc2C(=CO)C(=O)O)=NC1(C)C. The highest BCUT2D eigenvalue weighted by atomic mass is 32.2. The average Bonchev–Trinajstić information content (AvgIpc) is 2.71. The number of thioether (sulfide) groups is 2. The van der Waals surface area contributed by atoms with Crippen molar-refractivity contribution in [1.82, 2.24) is 0 Å². The van der Waals surface area contributed by atoms with E-state index in [1.165, 1.54) is 0 Å². The minimum atomic E-state index is -1.15. The molecule has 22 heavy (non-hydrogen) atoms. The van der Waals surface area contributed by atoms with Crippen LogP contribution in [0.1, 0.15) is 25.0 Å². The van der Waals surface area contributed by atoms with Crippen LogP contribution >= 0.6 is 23.5 Å². The zero-order valence-electron chi connectivity index (χ0n) is 12.4. The number of aliphatic hydroxyl groups is 1. The van der Waals surface area contributed by atoms with Gasteiger partial charge < -0.3 is 10.2 Å². The van der Waals surface area contributed by atoms with E-state index in [-0.39, 0.29) is 11.1 Å². The molecule has 0 aromatic heterocycles. The minimum absolute atomic E-state index is 0.109. The van der Waals surface area contributed by atoms with Crippen LogP contribution in [0.2, 0.25) is 0 Å². The highest BCUT2D eigenvalue weighted by molar-refractivity contribution is 8.40. The first-order valence-electron chi connectivity index (χ1n) is 6.61. The lowest BCUT2D eigenvalue weighted by molar-refractivity contribution is -0.130. The van der Waals surface area contributed by atoms with Gasteiger partial charge in [0, 0.05) is 10.7 Å². The molecule has 4 nitrogen and oxygen atoms in total. The Morgan fingerprint density at radius 2 is 2.14 bits per heavy atom. The molecule has 0 radical (unpaired) electrons. The van der Waals surface area contributed by atoms with Crippen molar-refractivity contribution in [3.63, 3.8) is 0 Å². The molecule has 0 spiro atoms. The van der Waals surface area contributed by atoms with Crippen molar-refractivity contribution in [3.8, 4) is 0 Å². The number of carboxylic acids is 1. The molecule has 0 saturated carbocycles. The lowest BCUT2D eigenvalue weighted by Crippen LogP contribution is -2.12. The Morgan fingerprint density at radius 3 is 2.68 bits per heavy atom. The van der Waals surface area contributed by atoms with Crippen molar-refractivity contribution in [3.05, 3.63) is 53.1 Å². The summed E-state index contributed by atoms with van der Waals surface area (Å²) in [5.74, 6) is -0.572. The predicted octanol–water partition coefficient (Wildman–Crippen LogP) is 4.30. The van der Waals surface area contributed by atoms with E-state index in [1.54, 1.807) is 35.7 Å². The van der Waals surface area contributed by atoms with Gasteiger partial charge in [0.05, 0.1) is 11.8 Å². The Balaban J connectivity index is 2.19. The second kappa shape index (κ2) is 6.62. The number of aliphatic carboxylic acids is 1. The van der Waals surface area contributed by atoms with E-state index in [4.69, 9.17) is 10.2 Å². The molecule has 1 aromatic carbocycles. The van der Waals surface area contributed by atoms with Crippen molar-refractivity contribution in [2.24, 2.45) is 4.99 Å². The van der Waals surface area contributed by atoms with Crippen LogP contribution in [0.25, 0.3) is 5.57 Å². The molecule has 1 aliphatic rings. The van der Waals surface area contributed by atoms with Crippen LogP contribution in [0, 0.1) is 0 Å². The molecule has 0 saturated heterocycles. The third-order valence-corrected chi connectivity index (χ3v) is 5.69. The average molecular weight is 335 g/mol. The molecule has 2 N–H and O–H groups in total. The zero-order valence-corrected chi connectivity index (χ0v) is 14.0. The van der Waals surface area contributed by atoms with Crippen LogP contribution in [-0.2, 0) is 10.5 Å². The van der Waals surface area contributed by atoms with Gasteiger partial charge in [0.15, 0.2) is 0 Å². The summed E-state index contributed by atoms with van der Waals surface area (Å²) < 4.78 is 0.926. The van der Waals surface area contributed by atoms with E-state index in [0.717, 1.165) is 14.8 Å². The molecule has 6 heteroatoms. The molecule has 0 atom stereocenters. The highest BCUT2D eigenvalue weighted by Gasteiger charge is 2.30. The molecule has 1 heterocycles. The first-order chi connectivity index (χ1) is 10.3. The molecule has 1 aromatic rings. The Morgan fingerprint density at radius 1 is 1.45 bits per heavy atom. The summed E-state index contributed by atoms with van der Waals surface area (Å²) in [6, 6.07) is 7.15. The topological polar surface area (TPSA) is 69.9 Å². The molecule has 0 unspecified atom stereocenters. The maximum Gasteiger partial charge on any atom is 0.339 e. The van der Waals surface area contributed by atoms with Crippen molar-refractivity contribution >= 4 is 39.4 Å². The lowest BCUT2D eigenvalue weighted by atomic mass is 10.0. The number of aliphatic hydroxyl groups excluding tert-OH is 1. The highest BCUT2D eigenvalue weighted by Crippen LogP contribution is 2.42. The molecule has 1 aliphatic heterocycles. The third kappa shape index (κ3) is 3.56. The van der Waals surface area contributed by atoms with E-state index in [1.807, 2.05) is 26.0 Å². The number of nitrogens with zero attached hydrogens (tertiary/aromatic N) is 1. The van der Waals surface area contributed by atoms with Crippen molar-refractivity contribution in [2.75, 3.05) is 0 Å². The Hall–Kier alpha value is -1.66. The Labute approximate surface area is 138 Å². The summed E-state index contributed by atoms with van der Waals surface area (Å²) in [6.07, 6.45) is 0.638. The fourth-order valence-electron chi connectivity index (χ4n) is 1.89. The van der Waals surface area contributed by atoms with Gasteiger partial charge in [-0.15, -0.1) is 0 Å². The van der Waals surface area contributed by atoms with E-state index in [2.05, 4.69) is 11.6 Å². The fraction of sp³-hybridized carbons (Fsp3) is 0.250. The molecule has 2 rings (SSSR count). The van der Waals surface area contributed by atoms with Crippen LogP contribution in [0.5, 0.6) is 0 Å². The first-order valence-corrected chi connectivity index (χ1v) is 8.41. The van der Waals surface area contributed by atoms with Crippen LogP contribution in [0.3, 0.4) is 0 Å². The maximum absolute atomic E-state index is 11.2. The summed E-state index contributed by atoms with van der Waals surface area (Å²) in [4.78, 5) is 16.8. The molecule has 116 valence electrons. The van der Waals surface area contributed by atoms with E-state index < -0.39 is 5.97 Å². The van der Waals surface area contributed by atoms with Gasteiger partial charge >= 0.3 is 5.97 Å². The van der Waals surface area contributed by atoms with Gasteiger partial charge in [-0.05, 0) is 25.0 Å². The fourth-order valence-corrected chi connectivity index (χ4v) is 4.21. The second-order valence-corrected chi connectivity index (χ2v) is 7.56. The van der Waals surface area contributed by atoms with Gasteiger partial charge in [-0.25, -0.2) is 4.79 Å². The number of carbonyl (C=O) groups is 1. The van der Waals surface area contributed by atoms with Crippen LogP contribution in [0.15, 0.2) is 47.0 Å². The summed E-state index contributed by atoms with van der Waals surface area (Å²) in [5, 5.41) is 18.3. The largest absolute Gasteiger partial charge is 0.515 e. The van der Waals surface area contributed by atoms with Gasteiger partial charge in [0.2, 0.25) is 0 Å². The lowest BCUT2D eigenvalue weighted by Gasteiger charge is -2.12.